The van der Waals surface area contributed by atoms with Crippen molar-refractivity contribution >= 4 is 15.8 Å². The van der Waals surface area contributed by atoms with Crippen LogP contribution in [0.1, 0.15) is 18.1 Å². The Morgan fingerprint density at radius 1 is 1.14 bits per heavy atom. The Balaban J connectivity index is 2.30. The van der Waals surface area contributed by atoms with Crippen LogP contribution in [0.2, 0.25) is 0 Å². The molecule has 7 heteroatoms. The van der Waals surface area contributed by atoms with Gasteiger partial charge in [-0.15, -0.1) is 0 Å². The highest BCUT2D eigenvalue weighted by molar-refractivity contribution is 7.90. The summed E-state index contributed by atoms with van der Waals surface area (Å²) >= 11 is 0. The van der Waals surface area contributed by atoms with Crippen LogP contribution in [0, 0.1) is 6.92 Å². The lowest BCUT2D eigenvalue weighted by Gasteiger charge is -2.15. The maximum Gasteiger partial charge on any atom is 0.310 e. The molecule has 0 bridgehead atoms. The lowest BCUT2D eigenvalue weighted by Crippen LogP contribution is -2.09. The first-order valence-electron chi connectivity index (χ1n) is 9.17. The third kappa shape index (κ3) is 4.35. The molecule has 0 saturated heterocycles. The standard InChI is InChI=1S/C22H23NO5S/c1-4-28-21(25)13-19-20(24)14-23(16-8-6-5-7-9-16)22(19)18-12-17(29(3,26)27)11-10-15(18)2/h5-12,14,24H,4,13H2,1-3H3. The molecule has 0 amide bonds. The molecule has 1 aromatic heterocycles. The Kier molecular flexibility index (Phi) is 5.79. The Bertz CT molecular complexity index is 1150. The van der Waals surface area contributed by atoms with Gasteiger partial charge in [0, 0.05) is 23.1 Å². The Hall–Kier alpha value is -3.06. The quantitative estimate of drug-likeness (QED) is 0.623. The highest BCUT2D eigenvalue weighted by Crippen LogP contribution is 2.38. The zero-order valence-electron chi connectivity index (χ0n) is 16.5. The normalized spacial score (nSPS) is 11.4. The van der Waals surface area contributed by atoms with Crippen LogP contribution >= 0.6 is 0 Å². The summed E-state index contributed by atoms with van der Waals surface area (Å²) in [6, 6.07) is 14.2. The van der Waals surface area contributed by atoms with E-state index in [4.69, 9.17) is 4.74 Å². The predicted molar refractivity (Wildman–Crippen MR) is 111 cm³/mol. The van der Waals surface area contributed by atoms with Gasteiger partial charge in [-0.1, -0.05) is 24.3 Å². The van der Waals surface area contributed by atoms with Gasteiger partial charge in [0.25, 0.3) is 0 Å². The Morgan fingerprint density at radius 3 is 2.45 bits per heavy atom. The fourth-order valence-corrected chi connectivity index (χ4v) is 3.88. The maximum atomic E-state index is 12.2. The van der Waals surface area contributed by atoms with Gasteiger partial charge in [-0.3, -0.25) is 4.79 Å². The van der Waals surface area contributed by atoms with Gasteiger partial charge < -0.3 is 14.4 Å². The van der Waals surface area contributed by atoms with Crippen LogP contribution in [0.3, 0.4) is 0 Å². The van der Waals surface area contributed by atoms with E-state index in [0.717, 1.165) is 17.5 Å². The second-order valence-electron chi connectivity index (χ2n) is 6.78. The minimum Gasteiger partial charge on any atom is -0.506 e. The second kappa shape index (κ2) is 8.13. The molecule has 0 spiro atoms. The van der Waals surface area contributed by atoms with Crippen molar-refractivity contribution in [3.8, 4) is 22.7 Å². The number of ether oxygens (including phenoxy) is 1. The number of nitrogens with zero attached hydrogens (tertiary/aromatic N) is 1. The molecule has 0 atom stereocenters. The molecular formula is C22H23NO5S. The molecular weight excluding hydrogens is 390 g/mol. The molecule has 0 aliphatic rings. The summed E-state index contributed by atoms with van der Waals surface area (Å²) in [7, 11) is -3.43. The molecule has 0 saturated carbocycles. The van der Waals surface area contributed by atoms with Gasteiger partial charge in [-0.05, 0) is 43.7 Å². The van der Waals surface area contributed by atoms with E-state index in [1.54, 1.807) is 29.7 Å². The average Bonchev–Trinajstić information content (AvgIpc) is 2.98. The Labute approximate surface area is 170 Å². The van der Waals surface area contributed by atoms with Gasteiger partial charge in [0.05, 0.1) is 29.8 Å². The van der Waals surface area contributed by atoms with Gasteiger partial charge in [0.1, 0.15) is 5.75 Å². The van der Waals surface area contributed by atoms with Gasteiger partial charge in [-0.25, -0.2) is 8.42 Å². The largest absolute Gasteiger partial charge is 0.506 e. The molecule has 1 N–H and O–H groups in total. The van der Waals surface area contributed by atoms with E-state index in [1.807, 2.05) is 37.3 Å². The van der Waals surface area contributed by atoms with Crippen molar-refractivity contribution < 1.29 is 23.1 Å². The Morgan fingerprint density at radius 2 is 1.83 bits per heavy atom. The molecule has 0 aliphatic carbocycles. The van der Waals surface area contributed by atoms with Crippen molar-refractivity contribution in [3.63, 3.8) is 0 Å². The molecule has 3 aromatic rings. The van der Waals surface area contributed by atoms with Crippen LogP contribution < -0.4 is 0 Å². The van der Waals surface area contributed by atoms with Gasteiger partial charge >= 0.3 is 5.97 Å². The number of aryl methyl sites for hydroxylation is 1. The van der Waals surface area contributed by atoms with Gasteiger partial charge in [0.2, 0.25) is 0 Å². The molecule has 29 heavy (non-hydrogen) atoms. The summed E-state index contributed by atoms with van der Waals surface area (Å²) in [5, 5.41) is 10.6. The molecule has 0 radical (unpaired) electrons. The van der Waals surface area contributed by atoms with Crippen LogP contribution in [0.4, 0.5) is 0 Å². The summed E-state index contributed by atoms with van der Waals surface area (Å²) in [6.07, 6.45) is 2.55. The number of carbonyl (C=O) groups is 1. The number of esters is 1. The van der Waals surface area contributed by atoms with E-state index in [2.05, 4.69) is 0 Å². The van der Waals surface area contributed by atoms with Crippen molar-refractivity contribution in [1.29, 1.82) is 0 Å². The number of aromatic nitrogens is 1. The number of hydrogen-bond donors (Lipinski definition) is 1. The number of rotatable bonds is 6. The van der Waals surface area contributed by atoms with E-state index in [1.165, 1.54) is 6.20 Å². The van der Waals surface area contributed by atoms with E-state index >= 15 is 0 Å². The highest BCUT2D eigenvalue weighted by atomic mass is 32.2. The van der Waals surface area contributed by atoms with Crippen LogP contribution in [0.25, 0.3) is 16.9 Å². The SMILES string of the molecule is CCOC(=O)Cc1c(O)cn(-c2ccccc2)c1-c1cc(S(C)(=O)=O)ccc1C. The molecule has 0 fully saturated rings. The molecule has 0 aliphatic heterocycles. The van der Waals surface area contributed by atoms with E-state index < -0.39 is 15.8 Å². The van der Waals surface area contributed by atoms with Crippen molar-refractivity contribution in [1.82, 2.24) is 4.57 Å². The minimum atomic E-state index is -3.43. The average molecular weight is 413 g/mol. The number of sulfone groups is 1. The van der Waals surface area contributed by atoms with Crippen molar-refractivity contribution in [2.24, 2.45) is 0 Å². The topological polar surface area (TPSA) is 85.6 Å². The number of benzene rings is 2. The monoisotopic (exact) mass is 413 g/mol. The summed E-state index contributed by atoms with van der Waals surface area (Å²) in [5.41, 5.74) is 3.16. The van der Waals surface area contributed by atoms with Crippen LogP contribution in [0.15, 0.2) is 59.6 Å². The summed E-state index contributed by atoms with van der Waals surface area (Å²) < 4.78 is 31.0. The minimum absolute atomic E-state index is 0.0546. The molecule has 152 valence electrons. The zero-order valence-corrected chi connectivity index (χ0v) is 17.4. The van der Waals surface area contributed by atoms with Crippen molar-refractivity contribution in [2.45, 2.75) is 25.2 Å². The van der Waals surface area contributed by atoms with Gasteiger partial charge in [-0.2, -0.15) is 0 Å². The molecule has 1 heterocycles. The predicted octanol–water partition coefficient (Wildman–Crippen LogP) is 3.67. The van der Waals surface area contributed by atoms with E-state index in [0.29, 0.717) is 16.8 Å². The first-order chi connectivity index (χ1) is 13.7. The number of aromatic hydroxyl groups is 1. The molecule has 2 aromatic carbocycles. The fraction of sp³-hybridized carbons (Fsp3) is 0.227. The second-order valence-corrected chi connectivity index (χ2v) is 8.79. The number of hydrogen-bond acceptors (Lipinski definition) is 5. The summed E-state index contributed by atoms with van der Waals surface area (Å²) in [5.74, 6) is -0.521. The number of para-hydroxylation sites is 1. The molecule has 0 unspecified atom stereocenters. The smallest absolute Gasteiger partial charge is 0.310 e. The maximum absolute atomic E-state index is 12.2. The first kappa shape index (κ1) is 20.7. The van der Waals surface area contributed by atoms with E-state index in [-0.39, 0.29) is 23.7 Å². The first-order valence-corrected chi connectivity index (χ1v) is 11.1. The number of carbonyl (C=O) groups excluding carboxylic acids is 1. The summed E-state index contributed by atoms with van der Waals surface area (Å²) in [4.78, 5) is 12.3. The third-order valence-corrected chi connectivity index (χ3v) is 5.75. The van der Waals surface area contributed by atoms with Crippen LogP contribution in [0.5, 0.6) is 5.75 Å². The summed E-state index contributed by atoms with van der Waals surface area (Å²) in [6.45, 7) is 3.80. The van der Waals surface area contributed by atoms with Crippen LogP contribution in [-0.4, -0.2) is 36.9 Å². The van der Waals surface area contributed by atoms with E-state index in [9.17, 15) is 18.3 Å². The lowest BCUT2D eigenvalue weighted by molar-refractivity contribution is -0.142. The van der Waals surface area contributed by atoms with Crippen LogP contribution in [-0.2, 0) is 25.8 Å². The molecule has 3 rings (SSSR count). The molecule has 6 nitrogen and oxygen atoms in total. The van der Waals surface area contributed by atoms with Crippen molar-refractivity contribution in [2.75, 3.05) is 12.9 Å². The zero-order chi connectivity index (χ0) is 21.2. The fourth-order valence-electron chi connectivity index (χ4n) is 3.23. The highest BCUT2D eigenvalue weighted by Gasteiger charge is 2.23. The third-order valence-electron chi connectivity index (χ3n) is 4.64. The lowest BCUT2D eigenvalue weighted by atomic mass is 10.0. The van der Waals surface area contributed by atoms with Crippen molar-refractivity contribution in [3.05, 3.63) is 65.9 Å². The van der Waals surface area contributed by atoms with Gasteiger partial charge in [0.15, 0.2) is 9.84 Å².